The van der Waals surface area contributed by atoms with Crippen LogP contribution in [0.3, 0.4) is 0 Å². The molecule has 1 aliphatic rings. The molecule has 0 spiro atoms. The van der Waals surface area contributed by atoms with Gasteiger partial charge < -0.3 is 14.8 Å². The topological polar surface area (TPSA) is 64.6 Å². The maximum atomic E-state index is 12.4. The molecule has 3 unspecified atom stereocenters. The van der Waals surface area contributed by atoms with Crippen molar-refractivity contribution in [2.45, 2.75) is 35.8 Å². The molecule has 114 valence electrons. The predicted octanol–water partition coefficient (Wildman–Crippen LogP) is 2.38. The first kappa shape index (κ1) is 16.2. The van der Waals surface area contributed by atoms with Gasteiger partial charge in [0.25, 0.3) is 0 Å². The first-order valence-corrected chi connectivity index (χ1v) is 7.81. The van der Waals surface area contributed by atoms with Gasteiger partial charge in [0.1, 0.15) is 15.3 Å². The first-order valence-electron chi connectivity index (χ1n) is 6.73. The minimum Gasteiger partial charge on any atom is -0.456 e. The number of nitrogens with one attached hydrogen (secondary N) is 1. The summed E-state index contributed by atoms with van der Waals surface area (Å²) >= 11 is 2.08. The lowest BCUT2D eigenvalue weighted by Crippen LogP contribution is -2.47. The molecule has 0 aliphatic carbocycles. The summed E-state index contributed by atoms with van der Waals surface area (Å²) in [5, 5.41) is 3.05. The summed E-state index contributed by atoms with van der Waals surface area (Å²) in [7, 11) is 1.79. The van der Waals surface area contributed by atoms with E-state index in [9.17, 15) is 9.59 Å². The van der Waals surface area contributed by atoms with Crippen LogP contribution in [-0.4, -0.2) is 28.4 Å². The quantitative estimate of drug-likeness (QED) is 0.362. The Morgan fingerprint density at radius 2 is 2.19 bits per heavy atom. The summed E-state index contributed by atoms with van der Waals surface area (Å²) in [6, 6.07) is 7.06. The van der Waals surface area contributed by atoms with Gasteiger partial charge in [-0.3, -0.25) is 9.59 Å². The third-order valence-corrected chi connectivity index (χ3v) is 5.11. The van der Waals surface area contributed by atoms with Crippen LogP contribution in [0.4, 0.5) is 0 Å². The van der Waals surface area contributed by atoms with E-state index >= 15 is 0 Å². The summed E-state index contributed by atoms with van der Waals surface area (Å²) in [5.41, 5.74) is 0.731. The molecular formula is C15H18INO4. The van der Waals surface area contributed by atoms with E-state index in [-0.39, 0.29) is 24.4 Å². The summed E-state index contributed by atoms with van der Waals surface area (Å²) in [5.74, 6) is -0.272. The largest absolute Gasteiger partial charge is 0.456 e. The zero-order valence-electron chi connectivity index (χ0n) is 12.2. The Bertz CT molecular complexity index is 558. The molecule has 1 aromatic carbocycles. The summed E-state index contributed by atoms with van der Waals surface area (Å²) in [6.45, 7) is 3.72. The van der Waals surface area contributed by atoms with E-state index < -0.39 is 9.53 Å². The molecule has 0 saturated carbocycles. The minimum atomic E-state index is -0.719. The molecule has 1 N–H and O–H groups in total. The Morgan fingerprint density at radius 3 is 2.86 bits per heavy atom. The molecule has 21 heavy (non-hydrogen) atoms. The Hall–Kier alpha value is -1.15. The van der Waals surface area contributed by atoms with Gasteiger partial charge in [-0.2, -0.15) is 0 Å². The number of hydrogen-bond acceptors (Lipinski definition) is 5. The average molecular weight is 403 g/mol. The zero-order chi connectivity index (χ0) is 15.6. The molecule has 1 aliphatic heterocycles. The lowest BCUT2D eigenvalue weighted by molar-refractivity contribution is -0.156. The number of carbonyl (C=O) groups is 2. The van der Waals surface area contributed by atoms with Crippen LogP contribution in [0.15, 0.2) is 24.3 Å². The van der Waals surface area contributed by atoms with Gasteiger partial charge in [-0.25, -0.2) is 0 Å². The van der Waals surface area contributed by atoms with E-state index in [1.165, 1.54) is 0 Å². The van der Waals surface area contributed by atoms with Crippen LogP contribution in [-0.2, 0) is 14.3 Å². The number of benzene rings is 1. The van der Waals surface area contributed by atoms with Gasteiger partial charge in [-0.05, 0) is 27.0 Å². The van der Waals surface area contributed by atoms with Crippen molar-refractivity contribution in [1.82, 2.24) is 5.32 Å². The molecule has 0 fully saturated rings. The lowest BCUT2D eigenvalue weighted by Gasteiger charge is -2.31. The molecule has 0 aromatic heterocycles. The fourth-order valence-electron chi connectivity index (χ4n) is 2.06. The van der Waals surface area contributed by atoms with E-state index in [0.717, 1.165) is 5.56 Å². The van der Waals surface area contributed by atoms with Gasteiger partial charge in [0.05, 0.1) is 6.42 Å². The lowest BCUT2D eigenvalue weighted by atomic mass is 10.0. The van der Waals surface area contributed by atoms with Crippen LogP contribution in [0.2, 0.25) is 0 Å². The van der Waals surface area contributed by atoms with Gasteiger partial charge in [-0.1, -0.05) is 40.8 Å². The summed E-state index contributed by atoms with van der Waals surface area (Å²) < 4.78 is 10.0. The molecule has 1 aromatic rings. The van der Waals surface area contributed by atoms with Gasteiger partial charge in [0.2, 0.25) is 0 Å². The second-order valence-electron chi connectivity index (χ2n) is 5.20. The van der Waals surface area contributed by atoms with E-state index in [0.29, 0.717) is 5.75 Å². The zero-order valence-corrected chi connectivity index (χ0v) is 14.3. The number of hydrogen-bond donors (Lipinski definition) is 1. The molecule has 0 amide bonds. The van der Waals surface area contributed by atoms with Crippen LogP contribution in [0.25, 0.3) is 0 Å². The normalized spacial score (nSPS) is 21.7. The fourth-order valence-corrected chi connectivity index (χ4v) is 2.50. The van der Waals surface area contributed by atoms with Crippen molar-refractivity contribution in [2.75, 3.05) is 7.05 Å². The second-order valence-corrected chi connectivity index (χ2v) is 7.44. The third kappa shape index (κ3) is 3.37. The maximum Gasteiger partial charge on any atom is 0.323 e. The monoisotopic (exact) mass is 403 g/mol. The highest BCUT2D eigenvalue weighted by atomic mass is 127. The van der Waals surface area contributed by atoms with E-state index in [4.69, 9.17) is 9.47 Å². The molecule has 0 saturated heterocycles. The Morgan fingerprint density at radius 1 is 1.52 bits per heavy atom. The average Bonchev–Trinajstić information content (AvgIpc) is 2.45. The standard InChI is InChI=1S/C15H18INO4/c1-9(17-3)15(2,16)14(19)21-12-8-13(18)20-11-7-5-4-6-10(11)12/h4-7,9,12,17H,8H2,1-3H3. The summed E-state index contributed by atoms with van der Waals surface area (Å²) in [6.07, 6.45) is -0.545. The highest BCUT2D eigenvalue weighted by Crippen LogP contribution is 2.36. The maximum absolute atomic E-state index is 12.4. The molecule has 0 radical (unpaired) electrons. The molecular weight excluding hydrogens is 385 g/mol. The third-order valence-electron chi connectivity index (χ3n) is 3.74. The van der Waals surface area contributed by atoms with Crippen molar-refractivity contribution < 1.29 is 19.1 Å². The Labute approximate surface area is 137 Å². The van der Waals surface area contributed by atoms with E-state index in [2.05, 4.69) is 27.9 Å². The number of rotatable bonds is 4. The van der Waals surface area contributed by atoms with Crippen molar-refractivity contribution in [1.29, 1.82) is 0 Å². The van der Waals surface area contributed by atoms with Crippen LogP contribution in [0.5, 0.6) is 5.75 Å². The smallest absolute Gasteiger partial charge is 0.323 e. The van der Waals surface area contributed by atoms with Crippen LogP contribution in [0.1, 0.15) is 31.9 Å². The fraction of sp³-hybridized carbons (Fsp3) is 0.467. The van der Waals surface area contributed by atoms with Gasteiger partial charge >= 0.3 is 11.9 Å². The Balaban J connectivity index is 2.20. The number of esters is 2. The van der Waals surface area contributed by atoms with Crippen molar-refractivity contribution >= 4 is 34.5 Å². The molecule has 3 atom stereocenters. The SMILES string of the molecule is CNC(C)C(C)(I)C(=O)OC1CC(=O)Oc2ccccc21. The number of halogens is 1. The van der Waals surface area contributed by atoms with Crippen LogP contribution >= 0.6 is 22.6 Å². The van der Waals surface area contributed by atoms with Crippen molar-refractivity contribution in [2.24, 2.45) is 0 Å². The van der Waals surface area contributed by atoms with Gasteiger partial charge in [-0.15, -0.1) is 0 Å². The molecule has 5 nitrogen and oxygen atoms in total. The van der Waals surface area contributed by atoms with Gasteiger partial charge in [0, 0.05) is 11.6 Å². The number of ether oxygens (including phenoxy) is 2. The molecule has 1 heterocycles. The van der Waals surface area contributed by atoms with Crippen LogP contribution in [0, 0.1) is 0 Å². The van der Waals surface area contributed by atoms with E-state index in [1.54, 1.807) is 19.2 Å². The highest BCUT2D eigenvalue weighted by molar-refractivity contribution is 14.1. The number of carbonyl (C=O) groups excluding carboxylic acids is 2. The Kier molecular flexibility index (Phi) is 4.88. The molecule has 0 bridgehead atoms. The van der Waals surface area contributed by atoms with E-state index in [1.807, 2.05) is 26.0 Å². The number of para-hydroxylation sites is 1. The molecule has 6 heteroatoms. The summed E-state index contributed by atoms with van der Waals surface area (Å²) in [4.78, 5) is 24.1. The molecule has 2 rings (SSSR count). The number of fused-ring (bicyclic) bond motifs is 1. The first-order chi connectivity index (χ1) is 9.86. The highest BCUT2D eigenvalue weighted by Gasteiger charge is 2.40. The van der Waals surface area contributed by atoms with Crippen molar-refractivity contribution in [3.8, 4) is 5.75 Å². The second kappa shape index (κ2) is 6.31. The van der Waals surface area contributed by atoms with Crippen molar-refractivity contribution in [3.63, 3.8) is 0 Å². The van der Waals surface area contributed by atoms with Gasteiger partial charge in [0.15, 0.2) is 0 Å². The van der Waals surface area contributed by atoms with Crippen LogP contribution < -0.4 is 10.1 Å². The number of alkyl halides is 1. The predicted molar refractivity (Wildman–Crippen MR) is 86.5 cm³/mol. The van der Waals surface area contributed by atoms with Crippen molar-refractivity contribution in [3.05, 3.63) is 29.8 Å². The minimum absolute atomic E-state index is 0.0450.